The van der Waals surface area contributed by atoms with Gasteiger partial charge in [0.1, 0.15) is 5.75 Å². The molecule has 3 rings (SSSR count). The summed E-state index contributed by atoms with van der Waals surface area (Å²) in [5.41, 5.74) is 6.15. The van der Waals surface area contributed by atoms with Crippen LogP contribution in [0.15, 0.2) is 18.2 Å². The van der Waals surface area contributed by atoms with Gasteiger partial charge in [-0.2, -0.15) is 0 Å². The highest BCUT2D eigenvalue weighted by molar-refractivity contribution is 7.22. The van der Waals surface area contributed by atoms with Crippen LogP contribution in [0.4, 0.5) is 5.13 Å². The first-order valence-corrected chi connectivity index (χ1v) is 7.56. The van der Waals surface area contributed by atoms with Crippen LogP contribution in [0.25, 0.3) is 10.2 Å². The lowest BCUT2D eigenvalue weighted by atomic mass is 9.77. The number of carbonyl (C=O) groups is 1. The monoisotopic (exact) mass is 291 g/mol. The van der Waals surface area contributed by atoms with Crippen LogP contribution >= 0.6 is 11.3 Å². The molecule has 1 aromatic carbocycles. The molecule has 0 saturated heterocycles. The summed E-state index contributed by atoms with van der Waals surface area (Å²) in [6.07, 6.45) is 2.51. The summed E-state index contributed by atoms with van der Waals surface area (Å²) in [5, 5.41) is 3.42. The number of hydrogen-bond donors (Lipinski definition) is 2. The van der Waals surface area contributed by atoms with E-state index in [1.54, 1.807) is 0 Å². The van der Waals surface area contributed by atoms with Crippen LogP contribution in [-0.2, 0) is 4.79 Å². The summed E-state index contributed by atoms with van der Waals surface area (Å²) in [6.45, 7) is 2.57. The zero-order chi connectivity index (χ0) is 14.2. The number of ether oxygens (including phenoxy) is 1. The number of aromatic nitrogens is 1. The highest BCUT2D eigenvalue weighted by atomic mass is 32.1. The standard InChI is InChI=1S/C14H17N3O2S/c1-2-19-9-4-5-10-11(8-9)20-13(16-10)17-12(18)14(15)6-3-7-14/h4-5,8H,2-3,6-7,15H2,1H3,(H,16,17,18). The molecule has 1 aromatic heterocycles. The smallest absolute Gasteiger partial charge is 0.246 e. The summed E-state index contributed by atoms with van der Waals surface area (Å²) in [5.74, 6) is 0.684. The lowest BCUT2D eigenvalue weighted by Crippen LogP contribution is -2.56. The fraction of sp³-hybridized carbons (Fsp3) is 0.429. The van der Waals surface area contributed by atoms with E-state index < -0.39 is 5.54 Å². The van der Waals surface area contributed by atoms with Crippen molar-refractivity contribution in [3.05, 3.63) is 18.2 Å². The Balaban J connectivity index is 1.80. The SMILES string of the molecule is CCOc1ccc2nc(NC(=O)C3(N)CCC3)sc2c1. The first kappa shape index (κ1) is 13.3. The summed E-state index contributed by atoms with van der Waals surface area (Å²) < 4.78 is 6.45. The van der Waals surface area contributed by atoms with E-state index >= 15 is 0 Å². The Morgan fingerprint density at radius 3 is 3.00 bits per heavy atom. The number of nitrogens with zero attached hydrogens (tertiary/aromatic N) is 1. The zero-order valence-corrected chi connectivity index (χ0v) is 12.1. The summed E-state index contributed by atoms with van der Waals surface area (Å²) >= 11 is 1.44. The fourth-order valence-electron chi connectivity index (χ4n) is 2.22. The molecule has 1 saturated carbocycles. The molecule has 1 fully saturated rings. The van der Waals surface area contributed by atoms with E-state index in [0.29, 0.717) is 11.7 Å². The molecule has 1 aliphatic rings. The molecule has 5 nitrogen and oxygen atoms in total. The van der Waals surface area contributed by atoms with Crippen molar-refractivity contribution >= 4 is 32.6 Å². The van der Waals surface area contributed by atoms with Crippen molar-refractivity contribution in [2.75, 3.05) is 11.9 Å². The number of thiazole rings is 1. The van der Waals surface area contributed by atoms with Crippen molar-refractivity contribution in [1.82, 2.24) is 4.98 Å². The number of nitrogens with one attached hydrogen (secondary N) is 1. The van der Waals surface area contributed by atoms with Gasteiger partial charge in [-0.05, 0) is 44.4 Å². The number of hydrogen-bond acceptors (Lipinski definition) is 5. The number of benzene rings is 1. The van der Waals surface area contributed by atoms with Gasteiger partial charge in [-0.3, -0.25) is 4.79 Å². The minimum absolute atomic E-state index is 0.132. The van der Waals surface area contributed by atoms with Gasteiger partial charge in [-0.25, -0.2) is 4.98 Å². The number of amides is 1. The molecule has 2 aromatic rings. The molecule has 0 spiro atoms. The first-order valence-electron chi connectivity index (χ1n) is 6.74. The lowest BCUT2D eigenvalue weighted by molar-refractivity contribution is -0.123. The number of fused-ring (bicyclic) bond motifs is 1. The van der Waals surface area contributed by atoms with Crippen LogP contribution in [0.5, 0.6) is 5.75 Å². The first-order chi connectivity index (χ1) is 9.60. The minimum Gasteiger partial charge on any atom is -0.494 e. The van der Waals surface area contributed by atoms with Crippen molar-refractivity contribution in [1.29, 1.82) is 0 Å². The summed E-state index contributed by atoms with van der Waals surface area (Å²) in [7, 11) is 0. The van der Waals surface area contributed by atoms with E-state index in [1.165, 1.54) is 11.3 Å². The van der Waals surface area contributed by atoms with E-state index in [1.807, 2.05) is 25.1 Å². The van der Waals surface area contributed by atoms with Crippen LogP contribution < -0.4 is 15.8 Å². The van der Waals surface area contributed by atoms with Crippen LogP contribution in [0, 0.1) is 0 Å². The second kappa shape index (κ2) is 5.03. The maximum Gasteiger partial charge on any atom is 0.246 e. The average Bonchev–Trinajstić information content (AvgIpc) is 2.77. The Morgan fingerprint density at radius 2 is 2.35 bits per heavy atom. The van der Waals surface area contributed by atoms with Crippen LogP contribution in [-0.4, -0.2) is 23.0 Å². The van der Waals surface area contributed by atoms with E-state index in [-0.39, 0.29) is 5.91 Å². The van der Waals surface area contributed by atoms with Crippen LogP contribution in [0.1, 0.15) is 26.2 Å². The molecule has 106 valence electrons. The van der Waals surface area contributed by atoms with Gasteiger partial charge in [-0.15, -0.1) is 0 Å². The van der Waals surface area contributed by atoms with Crippen molar-refractivity contribution in [2.45, 2.75) is 31.7 Å². The van der Waals surface area contributed by atoms with Gasteiger partial charge in [0.05, 0.1) is 22.4 Å². The molecule has 0 aliphatic heterocycles. The third-order valence-corrected chi connectivity index (χ3v) is 4.52. The van der Waals surface area contributed by atoms with Crippen LogP contribution in [0.3, 0.4) is 0 Å². The molecule has 6 heteroatoms. The summed E-state index contributed by atoms with van der Waals surface area (Å²) in [6, 6.07) is 5.72. The molecule has 1 amide bonds. The minimum atomic E-state index is -0.700. The van der Waals surface area contributed by atoms with Crippen molar-refractivity contribution in [3.63, 3.8) is 0 Å². The predicted octanol–water partition coefficient (Wildman–Crippen LogP) is 2.51. The number of anilines is 1. The van der Waals surface area contributed by atoms with Gasteiger partial charge < -0.3 is 15.8 Å². The molecular weight excluding hydrogens is 274 g/mol. The predicted molar refractivity (Wildman–Crippen MR) is 80.2 cm³/mol. The molecule has 0 radical (unpaired) electrons. The topological polar surface area (TPSA) is 77.2 Å². The van der Waals surface area contributed by atoms with E-state index in [2.05, 4.69) is 10.3 Å². The lowest BCUT2D eigenvalue weighted by Gasteiger charge is -2.35. The number of nitrogens with two attached hydrogens (primary N) is 1. The van der Waals surface area contributed by atoms with E-state index in [0.717, 1.165) is 35.2 Å². The summed E-state index contributed by atoms with van der Waals surface area (Å²) in [4.78, 5) is 16.5. The normalized spacial score (nSPS) is 16.7. The largest absolute Gasteiger partial charge is 0.494 e. The Labute approximate surface area is 121 Å². The fourth-order valence-corrected chi connectivity index (χ4v) is 3.11. The number of rotatable bonds is 4. The van der Waals surface area contributed by atoms with Gasteiger partial charge in [0, 0.05) is 0 Å². The Kier molecular flexibility index (Phi) is 3.35. The highest BCUT2D eigenvalue weighted by Gasteiger charge is 2.40. The zero-order valence-electron chi connectivity index (χ0n) is 11.3. The van der Waals surface area contributed by atoms with E-state index in [4.69, 9.17) is 10.5 Å². The van der Waals surface area contributed by atoms with Gasteiger partial charge in [-0.1, -0.05) is 11.3 Å². The van der Waals surface area contributed by atoms with Crippen LogP contribution in [0.2, 0.25) is 0 Å². The maximum absolute atomic E-state index is 12.1. The quantitative estimate of drug-likeness (QED) is 0.907. The molecular formula is C14H17N3O2S. The van der Waals surface area contributed by atoms with Gasteiger partial charge in [0.2, 0.25) is 5.91 Å². The highest BCUT2D eigenvalue weighted by Crippen LogP contribution is 2.33. The molecule has 0 atom stereocenters. The third kappa shape index (κ3) is 2.36. The van der Waals surface area contributed by atoms with Crippen molar-refractivity contribution < 1.29 is 9.53 Å². The van der Waals surface area contributed by atoms with Gasteiger partial charge in [0.15, 0.2) is 5.13 Å². The van der Waals surface area contributed by atoms with Crippen molar-refractivity contribution in [3.8, 4) is 5.75 Å². The van der Waals surface area contributed by atoms with E-state index in [9.17, 15) is 4.79 Å². The Morgan fingerprint density at radius 1 is 1.55 bits per heavy atom. The van der Waals surface area contributed by atoms with Gasteiger partial charge in [0.25, 0.3) is 0 Å². The van der Waals surface area contributed by atoms with Crippen molar-refractivity contribution in [2.24, 2.45) is 5.73 Å². The second-order valence-corrected chi connectivity index (χ2v) is 6.08. The maximum atomic E-state index is 12.1. The second-order valence-electron chi connectivity index (χ2n) is 5.05. The molecule has 3 N–H and O–H groups in total. The molecule has 20 heavy (non-hydrogen) atoms. The Hall–Kier alpha value is -1.66. The Bertz CT molecular complexity index is 649. The average molecular weight is 291 g/mol. The molecule has 0 unspecified atom stereocenters. The number of carbonyl (C=O) groups excluding carboxylic acids is 1. The molecule has 1 heterocycles. The molecule has 0 bridgehead atoms. The van der Waals surface area contributed by atoms with Gasteiger partial charge >= 0.3 is 0 Å². The molecule has 1 aliphatic carbocycles. The third-order valence-electron chi connectivity index (χ3n) is 3.59.